The molecule has 21 heavy (non-hydrogen) atoms. The summed E-state index contributed by atoms with van der Waals surface area (Å²) in [7, 11) is 3.75. The van der Waals surface area contributed by atoms with E-state index < -0.39 is 0 Å². The highest BCUT2D eigenvalue weighted by atomic mass is 32.1. The van der Waals surface area contributed by atoms with E-state index in [0.29, 0.717) is 0 Å². The average Bonchev–Trinajstić information content (AvgIpc) is 3.14. The third kappa shape index (κ3) is 3.19. The lowest BCUT2D eigenvalue weighted by Gasteiger charge is -2.14. The molecule has 0 bridgehead atoms. The Morgan fingerprint density at radius 1 is 1.24 bits per heavy atom. The lowest BCUT2D eigenvalue weighted by molar-refractivity contribution is 0.415. The first-order valence-corrected chi connectivity index (χ1v) is 7.80. The van der Waals surface area contributed by atoms with Gasteiger partial charge in [-0.15, -0.1) is 11.3 Å². The first-order chi connectivity index (χ1) is 10.3. The molecule has 2 heterocycles. The molecule has 4 nitrogen and oxygen atoms in total. The summed E-state index contributed by atoms with van der Waals surface area (Å²) in [6, 6.07) is 12.5. The van der Waals surface area contributed by atoms with Gasteiger partial charge >= 0.3 is 0 Å². The second-order valence-electron chi connectivity index (χ2n) is 4.97. The fraction of sp³-hybridized carbons (Fsp3) is 0.312. The molecular formula is C16H19N3OS. The Labute approximate surface area is 129 Å². The maximum absolute atomic E-state index is 5.19. The molecule has 1 aromatic carbocycles. The first kappa shape index (κ1) is 13.9. The van der Waals surface area contributed by atoms with Crippen LogP contribution in [0.25, 0.3) is 10.4 Å². The van der Waals surface area contributed by atoms with Gasteiger partial charge in [0, 0.05) is 23.3 Å². The second kappa shape index (κ2) is 6.18. The third-order valence-electron chi connectivity index (χ3n) is 3.52. The number of thiophene rings is 1. The molecule has 0 spiro atoms. The number of ether oxygens (including phenoxy) is 1. The van der Waals surface area contributed by atoms with E-state index in [-0.39, 0.29) is 0 Å². The molecule has 1 N–H and O–H groups in total. The predicted octanol–water partition coefficient (Wildman–Crippen LogP) is 2.81. The van der Waals surface area contributed by atoms with Crippen LogP contribution in [0.15, 0.2) is 41.4 Å². The SMILES string of the molecule is COc1ccc(-c2ccc(CNC3=NCCN3C)s2)cc1. The molecule has 5 heteroatoms. The smallest absolute Gasteiger partial charge is 0.194 e. The van der Waals surface area contributed by atoms with Crippen LogP contribution in [0.4, 0.5) is 0 Å². The largest absolute Gasteiger partial charge is 0.497 e. The Hall–Kier alpha value is -2.01. The van der Waals surface area contributed by atoms with E-state index in [2.05, 4.69) is 46.5 Å². The standard InChI is InChI=1S/C16H19N3OS/c1-19-10-9-17-16(19)18-11-14-7-8-15(21-14)12-3-5-13(20-2)6-4-12/h3-8H,9-11H2,1-2H3,(H,17,18). The zero-order valence-corrected chi connectivity index (χ0v) is 13.1. The number of rotatable bonds is 4. The van der Waals surface area contributed by atoms with Crippen molar-refractivity contribution in [3.8, 4) is 16.2 Å². The summed E-state index contributed by atoms with van der Waals surface area (Å²) in [5, 5.41) is 3.40. The summed E-state index contributed by atoms with van der Waals surface area (Å²) >= 11 is 1.81. The molecule has 1 aliphatic heterocycles. The van der Waals surface area contributed by atoms with Crippen LogP contribution >= 0.6 is 11.3 Å². The minimum Gasteiger partial charge on any atom is -0.497 e. The van der Waals surface area contributed by atoms with Gasteiger partial charge in [0.15, 0.2) is 5.96 Å². The van der Waals surface area contributed by atoms with Gasteiger partial charge < -0.3 is 15.0 Å². The van der Waals surface area contributed by atoms with E-state index in [1.165, 1.54) is 15.3 Å². The number of aliphatic imine (C=N–C) groups is 1. The minimum absolute atomic E-state index is 0.823. The number of likely N-dealkylation sites (N-methyl/N-ethyl adjacent to an activating group) is 1. The summed E-state index contributed by atoms with van der Waals surface area (Å²) in [5.41, 5.74) is 1.22. The molecule has 0 atom stereocenters. The first-order valence-electron chi connectivity index (χ1n) is 6.99. The molecule has 0 saturated heterocycles. The monoisotopic (exact) mass is 301 g/mol. The van der Waals surface area contributed by atoms with Crippen molar-refractivity contribution < 1.29 is 4.74 Å². The van der Waals surface area contributed by atoms with Crippen LogP contribution in [-0.2, 0) is 6.54 Å². The summed E-state index contributed by atoms with van der Waals surface area (Å²) in [6.07, 6.45) is 0. The summed E-state index contributed by atoms with van der Waals surface area (Å²) in [5.74, 6) is 1.88. The average molecular weight is 301 g/mol. The maximum Gasteiger partial charge on any atom is 0.194 e. The lowest BCUT2D eigenvalue weighted by atomic mass is 10.2. The highest BCUT2D eigenvalue weighted by Gasteiger charge is 2.12. The molecule has 1 aliphatic rings. The summed E-state index contributed by atoms with van der Waals surface area (Å²) in [6.45, 7) is 2.72. The zero-order chi connectivity index (χ0) is 14.7. The van der Waals surface area contributed by atoms with E-state index >= 15 is 0 Å². The van der Waals surface area contributed by atoms with Gasteiger partial charge in [-0.1, -0.05) is 0 Å². The summed E-state index contributed by atoms with van der Waals surface area (Å²) < 4.78 is 5.19. The quantitative estimate of drug-likeness (QED) is 0.943. The van der Waals surface area contributed by atoms with Crippen LogP contribution < -0.4 is 10.1 Å². The molecule has 3 rings (SSSR count). The van der Waals surface area contributed by atoms with E-state index in [1.54, 1.807) is 7.11 Å². The van der Waals surface area contributed by atoms with Gasteiger partial charge in [-0.3, -0.25) is 4.99 Å². The molecule has 110 valence electrons. The normalized spacial score (nSPS) is 14.2. The van der Waals surface area contributed by atoms with E-state index in [9.17, 15) is 0 Å². The van der Waals surface area contributed by atoms with Gasteiger partial charge in [0.1, 0.15) is 5.75 Å². The molecule has 0 radical (unpaired) electrons. The molecule has 0 fully saturated rings. The van der Waals surface area contributed by atoms with Gasteiger partial charge in [-0.05, 0) is 42.0 Å². The number of nitrogens with zero attached hydrogens (tertiary/aromatic N) is 2. The van der Waals surface area contributed by atoms with Crippen LogP contribution in [0.3, 0.4) is 0 Å². The highest BCUT2D eigenvalue weighted by molar-refractivity contribution is 7.15. The van der Waals surface area contributed by atoms with Crippen molar-refractivity contribution in [3.63, 3.8) is 0 Å². The number of guanidine groups is 1. The molecule has 1 aromatic heterocycles. The molecule has 0 amide bonds. The summed E-state index contributed by atoms with van der Waals surface area (Å²) in [4.78, 5) is 9.17. The van der Waals surface area contributed by atoms with Crippen molar-refractivity contribution in [1.82, 2.24) is 10.2 Å². The number of hydrogen-bond donors (Lipinski definition) is 1. The van der Waals surface area contributed by atoms with Crippen molar-refractivity contribution in [2.75, 3.05) is 27.2 Å². The Kier molecular flexibility index (Phi) is 4.10. The van der Waals surface area contributed by atoms with E-state index in [1.807, 2.05) is 23.5 Å². The predicted molar refractivity (Wildman–Crippen MR) is 88.1 cm³/mol. The molecule has 0 unspecified atom stereocenters. The van der Waals surface area contributed by atoms with E-state index in [0.717, 1.165) is 31.3 Å². The fourth-order valence-corrected chi connectivity index (χ4v) is 3.23. The third-order valence-corrected chi connectivity index (χ3v) is 4.65. The van der Waals surface area contributed by atoms with E-state index in [4.69, 9.17) is 4.74 Å². The molecule has 2 aromatic rings. The topological polar surface area (TPSA) is 36.9 Å². The second-order valence-corrected chi connectivity index (χ2v) is 6.14. The van der Waals surface area contributed by atoms with Crippen LogP contribution in [0.5, 0.6) is 5.75 Å². The van der Waals surface area contributed by atoms with Crippen molar-refractivity contribution in [3.05, 3.63) is 41.3 Å². The van der Waals surface area contributed by atoms with Crippen molar-refractivity contribution in [2.45, 2.75) is 6.54 Å². The zero-order valence-electron chi connectivity index (χ0n) is 12.3. The van der Waals surface area contributed by atoms with Crippen molar-refractivity contribution >= 4 is 17.3 Å². The van der Waals surface area contributed by atoms with Crippen LogP contribution in [0, 0.1) is 0 Å². The molecular weight excluding hydrogens is 282 g/mol. The van der Waals surface area contributed by atoms with Crippen molar-refractivity contribution in [2.24, 2.45) is 4.99 Å². The van der Waals surface area contributed by atoms with Crippen LogP contribution in [0.2, 0.25) is 0 Å². The van der Waals surface area contributed by atoms with Gasteiger partial charge in [0.25, 0.3) is 0 Å². The molecule has 0 aliphatic carbocycles. The van der Waals surface area contributed by atoms with Gasteiger partial charge in [0.2, 0.25) is 0 Å². The van der Waals surface area contributed by atoms with Crippen molar-refractivity contribution in [1.29, 1.82) is 0 Å². The Morgan fingerprint density at radius 3 is 2.71 bits per heavy atom. The number of methoxy groups -OCH3 is 1. The highest BCUT2D eigenvalue weighted by Crippen LogP contribution is 2.29. The van der Waals surface area contributed by atoms with Gasteiger partial charge in [-0.2, -0.15) is 0 Å². The van der Waals surface area contributed by atoms with Gasteiger partial charge in [0.05, 0.1) is 20.2 Å². The fourth-order valence-electron chi connectivity index (χ4n) is 2.27. The van der Waals surface area contributed by atoms with Gasteiger partial charge in [-0.25, -0.2) is 0 Å². The number of benzene rings is 1. The molecule has 0 saturated carbocycles. The maximum atomic E-state index is 5.19. The Bertz CT molecular complexity index is 633. The Balaban J connectivity index is 1.65. The lowest BCUT2D eigenvalue weighted by Crippen LogP contribution is -2.34. The Morgan fingerprint density at radius 2 is 2.05 bits per heavy atom. The number of nitrogens with one attached hydrogen (secondary N) is 1. The number of hydrogen-bond acceptors (Lipinski definition) is 5. The van der Waals surface area contributed by atoms with Crippen LogP contribution in [-0.4, -0.2) is 38.1 Å². The minimum atomic E-state index is 0.823. The van der Waals surface area contributed by atoms with Crippen LogP contribution in [0.1, 0.15) is 4.88 Å².